The Kier molecular flexibility index (Phi) is 4.41. The van der Waals surface area contributed by atoms with E-state index in [1.54, 1.807) is 12.1 Å². The quantitative estimate of drug-likeness (QED) is 0.838. The predicted molar refractivity (Wildman–Crippen MR) is 87.6 cm³/mol. The Balaban J connectivity index is 1.96. The molecule has 0 amide bonds. The van der Waals surface area contributed by atoms with Gasteiger partial charge in [-0.05, 0) is 74.0 Å². The van der Waals surface area contributed by atoms with Gasteiger partial charge in [0.15, 0.2) is 0 Å². The van der Waals surface area contributed by atoms with Crippen LogP contribution in [0.4, 0.5) is 4.39 Å². The number of fused-ring (bicyclic) bond motifs is 1. The van der Waals surface area contributed by atoms with Gasteiger partial charge in [0.2, 0.25) is 0 Å². The molecule has 0 aliphatic heterocycles. The van der Waals surface area contributed by atoms with Crippen LogP contribution < -0.4 is 5.32 Å². The first kappa shape index (κ1) is 14.7. The van der Waals surface area contributed by atoms with Crippen molar-refractivity contribution in [1.29, 1.82) is 0 Å². The summed E-state index contributed by atoms with van der Waals surface area (Å²) in [6, 6.07) is 7.82. The maximum absolute atomic E-state index is 13.8. The highest BCUT2D eigenvalue weighted by Crippen LogP contribution is 2.36. The van der Waals surface area contributed by atoms with Gasteiger partial charge in [-0.15, -0.1) is 11.3 Å². The monoisotopic (exact) mass is 303 g/mol. The summed E-state index contributed by atoms with van der Waals surface area (Å²) in [5.41, 5.74) is 3.53. The SMILES string of the molecule is CCCNC(c1cc(C)cc(F)c1)c1cc2c(s1)CCC2. The van der Waals surface area contributed by atoms with Gasteiger partial charge in [-0.2, -0.15) is 0 Å². The smallest absolute Gasteiger partial charge is 0.123 e. The molecule has 0 saturated carbocycles. The van der Waals surface area contributed by atoms with E-state index < -0.39 is 0 Å². The van der Waals surface area contributed by atoms with Crippen LogP contribution in [0.15, 0.2) is 24.3 Å². The highest BCUT2D eigenvalue weighted by Gasteiger charge is 2.21. The number of thiophene rings is 1. The first-order valence-corrected chi connectivity index (χ1v) is 8.61. The average Bonchev–Trinajstić information content (AvgIpc) is 2.99. The normalized spacial score (nSPS) is 15.2. The lowest BCUT2D eigenvalue weighted by molar-refractivity contribution is 0.589. The third-order valence-electron chi connectivity index (χ3n) is 4.05. The molecule has 1 atom stereocenters. The van der Waals surface area contributed by atoms with Gasteiger partial charge in [0, 0.05) is 9.75 Å². The van der Waals surface area contributed by atoms with E-state index in [9.17, 15) is 4.39 Å². The molecule has 1 unspecified atom stereocenters. The van der Waals surface area contributed by atoms with Crippen molar-refractivity contribution in [2.45, 2.75) is 45.6 Å². The molecule has 3 rings (SSSR count). The molecule has 0 bridgehead atoms. The first-order chi connectivity index (χ1) is 10.2. The summed E-state index contributed by atoms with van der Waals surface area (Å²) in [4.78, 5) is 2.86. The molecule has 0 spiro atoms. The summed E-state index contributed by atoms with van der Waals surface area (Å²) in [6.45, 7) is 5.07. The first-order valence-electron chi connectivity index (χ1n) is 7.79. The molecule has 1 aliphatic rings. The fourth-order valence-electron chi connectivity index (χ4n) is 3.10. The fourth-order valence-corrected chi connectivity index (χ4v) is 4.46. The molecule has 2 aromatic rings. The minimum atomic E-state index is -0.141. The van der Waals surface area contributed by atoms with Gasteiger partial charge in [0.25, 0.3) is 0 Å². The summed E-state index contributed by atoms with van der Waals surface area (Å²) >= 11 is 1.90. The van der Waals surface area contributed by atoms with Crippen molar-refractivity contribution in [3.8, 4) is 0 Å². The number of aryl methyl sites for hydroxylation is 3. The van der Waals surface area contributed by atoms with Crippen LogP contribution in [0.5, 0.6) is 0 Å². The summed E-state index contributed by atoms with van der Waals surface area (Å²) in [5, 5.41) is 3.59. The number of hydrogen-bond acceptors (Lipinski definition) is 2. The van der Waals surface area contributed by atoms with Crippen LogP contribution in [0.3, 0.4) is 0 Å². The van der Waals surface area contributed by atoms with Crippen molar-refractivity contribution in [1.82, 2.24) is 5.32 Å². The fraction of sp³-hybridized carbons (Fsp3) is 0.444. The summed E-state index contributed by atoms with van der Waals surface area (Å²) < 4.78 is 13.8. The van der Waals surface area contributed by atoms with Crippen molar-refractivity contribution in [2.75, 3.05) is 6.54 Å². The zero-order valence-electron chi connectivity index (χ0n) is 12.7. The topological polar surface area (TPSA) is 12.0 Å². The number of rotatable bonds is 5. The second-order valence-corrected chi connectivity index (χ2v) is 7.07. The van der Waals surface area contributed by atoms with Crippen molar-refractivity contribution in [3.05, 3.63) is 56.5 Å². The lowest BCUT2D eigenvalue weighted by Crippen LogP contribution is -2.22. The second-order valence-electron chi connectivity index (χ2n) is 5.90. The average molecular weight is 303 g/mol. The van der Waals surface area contributed by atoms with Gasteiger partial charge in [-0.25, -0.2) is 4.39 Å². The highest BCUT2D eigenvalue weighted by molar-refractivity contribution is 7.12. The van der Waals surface area contributed by atoms with E-state index in [0.717, 1.165) is 24.1 Å². The molecular formula is C18H22FNS. The summed E-state index contributed by atoms with van der Waals surface area (Å²) in [5.74, 6) is -0.141. The van der Waals surface area contributed by atoms with Crippen LogP contribution in [-0.4, -0.2) is 6.54 Å². The van der Waals surface area contributed by atoms with Crippen molar-refractivity contribution >= 4 is 11.3 Å². The van der Waals surface area contributed by atoms with E-state index in [-0.39, 0.29) is 11.9 Å². The number of hydrogen-bond donors (Lipinski definition) is 1. The van der Waals surface area contributed by atoms with E-state index in [2.05, 4.69) is 24.4 Å². The van der Waals surface area contributed by atoms with Gasteiger partial charge in [0.1, 0.15) is 5.82 Å². The molecule has 1 N–H and O–H groups in total. The minimum absolute atomic E-state index is 0.120. The van der Waals surface area contributed by atoms with Gasteiger partial charge in [-0.1, -0.05) is 13.0 Å². The van der Waals surface area contributed by atoms with E-state index in [1.165, 1.54) is 34.6 Å². The number of nitrogens with one attached hydrogen (secondary N) is 1. The molecule has 1 aromatic carbocycles. The standard InChI is InChI=1S/C18H22FNS/c1-3-7-20-18(14-8-12(2)9-15(19)10-14)17-11-13-5-4-6-16(13)21-17/h8-11,18,20H,3-7H2,1-2H3. The molecule has 3 heteroatoms. The van der Waals surface area contributed by atoms with Crippen LogP contribution in [0, 0.1) is 12.7 Å². The number of benzene rings is 1. The van der Waals surface area contributed by atoms with Gasteiger partial charge in [0.05, 0.1) is 6.04 Å². The van der Waals surface area contributed by atoms with E-state index in [0.29, 0.717) is 0 Å². The number of halogens is 1. The van der Waals surface area contributed by atoms with Crippen LogP contribution in [0.1, 0.15) is 52.3 Å². The third-order valence-corrected chi connectivity index (χ3v) is 5.35. The Bertz CT molecular complexity index is 590. The molecule has 1 aromatic heterocycles. The van der Waals surface area contributed by atoms with Crippen molar-refractivity contribution in [3.63, 3.8) is 0 Å². The molecule has 21 heavy (non-hydrogen) atoms. The highest BCUT2D eigenvalue weighted by atomic mass is 32.1. The maximum Gasteiger partial charge on any atom is 0.123 e. The molecule has 1 aliphatic carbocycles. The molecular weight excluding hydrogens is 281 g/mol. The molecule has 0 fully saturated rings. The molecule has 0 radical (unpaired) electrons. The molecule has 1 nitrogen and oxygen atoms in total. The largest absolute Gasteiger partial charge is 0.306 e. The Hall–Kier alpha value is -1.19. The van der Waals surface area contributed by atoms with E-state index >= 15 is 0 Å². The lowest BCUT2D eigenvalue weighted by atomic mass is 10.0. The molecule has 1 heterocycles. The summed E-state index contributed by atoms with van der Waals surface area (Å²) in [6.07, 6.45) is 4.78. The molecule has 0 saturated heterocycles. The van der Waals surface area contributed by atoms with E-state index in [4.69, 9.17) is 0 Å². The molecule has 112 valence electrons. The second kappa shape index (κ2) is 6.29. The van der Waals surface area contributed by atoms with Gasteiger partial charge < -0.3 is 5.32 Å². The Morgan fingerprint density at radius 2 is 2.10 bits per heavy atom. The van der Waals surface area contributed by atoms with Crippen LogP contribution >= 0.6 is 11.3 Å². The Labute approximate surface area is 130 Å². The lowest BCUT2D eigenvalue weighted by Gasteiger charge is -2.18. The minimum Gasteiger partial charge on any atom is -0.306 e. The van der Waals surface area contributed by atoms with Crippen LogP contribution in [-0.2, 0) is 12.8 Å². The van der Waals surface area contributed by atoms with Crippen LogP contribution in [0.2, 0.25) is 0 Å². The zero-order chi connectivity index (χ0) is 14.8. The van der Waals surface area contributed by atoms with Gasteiger partial charge >= 0.3 is 0 Å². The van der Waals surface area contributed by atoms with Gasteiger partial charge in [-0.3, -0.25) is 0 Å². The maximum atomic E-state index is 13.8. The third kappa shape index (κ3) is 3.19. The van der Waals surface area contributed by atoms with E-state index in [1.807, 2.05) is 18.3 Å². The Morgan fingerprint density at radius 1 is 1.24 bits per heavy atom. The zero-order valence-corrected chi connectivity index (χ0v) is 13.5. The Morgan fingerprint density at radius 3 is 2.81 bits per heavy atom. The summed E-state index contributed by atoms with van der Waals surface area (Å²) in [7, 11) is 0. The predicted octanol–water partition coefficient (Wildman–Crippen LogP) is 4.77. The van der Waals surface area contributed by atoms with Crippen molar-refractivity contribution in [2.24, 2.45) is 0 Å². The van der Waals surface area contributed by atoms with Crippen LogP contribution in [0.25, 0.3) is 0 Å². The van der Waals surface area contributed by atoms with Crippen molar-refractivity contribution < 1.29 is 4.39 Å².